The highest BCUT2D eigenvalue weighted by Crippen LogP contribution is 2.26. The minimum absolute atomic E-state index is 0.0512. The van der Waals surface area contributed by atoms with Gasteiger partial charge in [0.25, 0.3) is 5.91 Å². The number of nitrogens with zero attached hydrogens (tertiary/aromatic N) is 1. The smallest absolute Gasteiger partial charge is 0.268 e. The van der Waals surface area contributed by atoms with Crippen LogP contribution in [-0.4, -0.2) is 28.2 Å². The van der Waals surface area contributed by atoms with Gasteiger partial charge in [-0.25, -0.2) is 0 Å². The first-order chi connectivity index (χ1) is 9.02. The average molecular weight is 329 g/mol. The summed E-state index contributed by atoms with van der Waals surface area (Å²) in [6.07, 6.45) is 4.96. The van der Waals surface area contributed by atoms with Gasteiger partial charge in [-0.2, -0.15) is 0 Å². The second-order valence-corrected chi connectivity index (χ2v) is 6.41. The SMILES string of the molecule is CC(C)n1cc(Br)cc1C(=O)NC1CCCC1CO. The van der Waals surface area contributed by atoms with Gasteiger partial charge in [0.15, 0.2) is 0 Å². The Morgan fingerprint density at radius 3 is 2.95 bits per heavy atom. The lowest BCUT2D eigenvalue weighted by Gasteiger charge is -2.20. The second kappa shape index (κ2) is 6.09. The monoisotopic (exact) mass is 328 g/mol. The number of aliphatic hydroxyl groups is 1. The van der Waals surface area contributed by atoms with Crippen LogP contribution in [0.2, 0.25) is 0 Å². The van der Waals surface area contributed by atoms with Crippen LogP contribution < -0.4 is 5.32 Å². The molecular formula is C14H21BrN2O2. The van der Waals surface area contributed by atoms with Crippen molar-refractivity contribution in [1.82, 2.24) is 9.88 Å². The molecule has 1 aromatic heterocycles. The van der Waals surface area contributed by atoms with Crippen molar-refractivity contribution < 1.29 is 9.90 Å². The van der Waals surface area contributed by atoms with Gasteiger partial charge in [-0.05, 0) is 48.7 Å². The van der Waals surface area contributed by atoms with Crippen molar-refractivity contribution in [3.05, 3.63) is 22.4 Å². The van der Waals surface area contributed by atoms with E-state index in [0.29, 0.717) is 5.69 Å². The highest BCUT2D eigenvalue weighted by Gasteiger charge is 2.29. The molecule has 106 valence electrons. The molecule has 0 aromatic carbocycles. The number of aliphatic hydroxyl groups excluding tert-OH is 1. The number of aromatic nitrogens is 1. The summed E-state index contributed by atoms with van der Waals surface area (Å²) in [5.74, 6) is 0.152. The molecular weight excluding hydrogens is 308 g/mol. The molecule has 4 nitrogen and oxygen atoms in total. The van der Waals surface area contributed by atoms with Crippen LogP contribution in [0.5, 0.6) is 0 Å². The molecule has 2 rings (SSSR count). The van der Waals surface area contributed by atoms with Gasteiger partial charge in [-0.3, -0.25) is 4.79 Å². The highest BCUT2D eigenvalue weighted by atomic mass is 79.9. The van der Waals surface area contributed by atoms with Gasteiger partial charge in [-0.15, -0.1) is 0 Å². The molecule has 2 N–H and O–H groups in total. The Kier molecular flexibility index (Phi) is 4.68. The number of rotatable bonds is 4. The fourth-order valence-electron chi connectivity index (χ4n) is 2.74. The van der Waals surface area contributed by atoms with Gasteiger partial charge in [0.1, 0.15) is 5.69 Å². The topological polar surface area (TPSA) is 54.3 Å². The van der Waals surface area contributed by atoms with Crippen LogP contribution in [0, 0.1) is 5.92 Å². The maximum absolute atomic E-state index is 12.4. The van der Waals surface area contributed by atoms with Gasteiger partial charge in [0, 0.05) is 35.3 Å². The second-order valence-electron chi connectivity index (χ2n) is 5.50. The molecule has 2 unspecified atom stereocenters. The third-order valence-corrected chi connectivity index (χ3v) is 4.25. The van der Waals surface area contributed by atoms with Crippen LogP contribution in [0.4, 0.5) is 0 Å². The molecule has 0 aliphatic heterocycles. The molecule has 1 fully saturated rings. The van der Waals surface area contributed by atoms with Crippen molar-refractivity contribution in [2.75, 3.05) is 6.61 Å². The average Bonchev–Trinajstić information content (AvgIpc) is 2.95. The van der Waals surface area contributed by atoms with E-state index in [0.717, 1.165) is 23.7 Å². The van der Waals surface area contributed by atoms with Crippen LogP contribution in [0.15, 0.2) is 16.7 Å². The van der Waals surface area contributed by atoms with Gasteiger partial charge in [-0.1, -0.05) is 6.42 Å². The molecule has 19 heavy (non-hydrogen) atoms. The van der Waals surface area contributed by atoms with Crippen molar-refractivity contribution in [2.24, 2.45) is 5.92 Å². The molecule has 0 saturated heterocycles. The lowest BCUT2D eigenvalue weighted by molar-refractivity contribution is 0.0905. The van der Waals surface area contributed by atoms with Gasteiger partial charge in [0.2, 0.25) is 0 Å². The summed E-state index contributed by atoms with van der Waals surface area (Å²) in [7, 11) is 0. The van der Waals surface area contributed by atoms with E-state index in [1.165, 1.54) is 0 Å². The van der Waals surface area contributed by atoms with Crippen molar-refractivity contribution >= 4 is 21.8 Å². The molecule has 0 spiro atoms. The number of hydrogen-bond donors (Lipinski definition) is 2. The van der Waals surface area contributed by atoms with Gasteiger partial charge in [0.05, 0.1) is 0 Å². The predicted octanol–water partition coefficient (Wildman–Crippen LogP) is 2.72. The van der Waals surface area contributed by atoms with Crippen molar-refractivity contribution in [3.8, 4) is 0 Å². The zero-order valence-corrected chi connectivity index (χ0v) is 13.0. The fourth-order valence-corrected chi connectivity index (χ4v) is 3.18. The molecule has 0 radical (unpaired) electrons. The molecule has 2 atom stereocenters. The number of hydrogen-bond acceptors (Lipinski definition) is 2. The number of carbonyl (C=O) groups excluding carboxylic acids is 1. The van der Waals surface area contributed by atoms with Crippen LogP contribution in [0.3, 0.4) is 0 Å². The first kappa shape index (κ1) is 14.6. The fraction of sp³-hybridized carbons (Fsp3) is 0.643. The van der Waals surface area contributed by atoms with E-state index in [1.807, 2.05) is 16.8 Å². The van der Waals surface area contributed by atoms with Crippen LogP contribution in [-0.2, 0) is 0 Å². The number of halogens is 1. The molecule has 1 amide bonds. The maximum Gasteiger partial charge on any atom is 0.268 e. The third-order valence-electron chi connectivity index (χ3n) is 3.81. The van der Waals surface area contributed by atoms with E-state index >= 15 is 0 Å². The molecule has 1 saturated carbocycles. The van der Waals surface area contributed by atoms with E-state index in [2.05, 4.69) is 35.1 Å². The Hall–Kier alpha value is -0.810. The third kappa shape index (κ3) is 3.20. The summed E-state index contributed by atoms with van der Waals surface area (Å²) in [5.41, 5.74) is 0.672. The maximum atomic E-state index is 12.4. The van der Waals surface area contributed by atoms with E-state index in [-0.39, 0.29) is 30.5 Å². The minimum atomic E-state index is -0.0512. The standard InChI is InChI=1S/C14H21BrN2O2/c1-9(2)17-7-11(15)6-13(17)14(19)16-12-5-3-4-10(12)8-18/h6-7,9-10,12,18H,3-5,8H2,1-2H3,(H,16,19). The Bertz CT molecular complexity index is 456. The summed E-state index contributed by atoms with van der Waals surface area (Å²) >= 11 is 3.42. The van der Waals surface area contributed by atoms with Gasteiger partial charge < -0.3 is 15.0 Å². The van der Waals surface area contributed by atoms with Crippen LogP contribution in [0.1, 0.15) is 49.6 Å². The van der Waals surface area contributed by atoms with Crippen LogP contribution >= 0.6 is 15.9 Å². The normalized spacial score (nSPS) is 23.0. The largest absolute Gasteiger partial charge is 0.396 e. The molecule has 1 aromatic rings. The van der Waals surface area contributed by atoms with Crippen LogP contribution in [0.25, 0.3) is 0 Å². The molecule has 1 aliphatic carbocycles. The Morgan fingerprint density at radius 2 is 2.32 bits per heavy atom. The summed E-state index contributed by atoms with van der Waals surface area (Å²) < 4.78 is 2.87. The molecule has 1 aliphatic rings. The molecule has 0 bridgehead atoms. The summed E-state index contributed by atoms with van der Waals surface area (Å²) in [4.78, 5) is 12.4. The lowest BCUT2D eigenvalue weighted by Crippen LogP contribution is -2.39. The van der Waals surface area contributed by atoms with Crippen molar-refractivity contribution in [3.63, 3.8) is 0 Å². The Morgan fingerprint density at radius 1 is 1.58 bits per heavy atom. The first-order valence-corrected chi connectivity index (χ1v) is 7.61. The number of nitrogens with one attached hydrogen (secondary N) is 1. The summed E-state index contributed by atoms with van der Waals surface area (Å²) in [5, 5.41) is 12.4. The first-order valence-electron chi connectivity index (χ1n) is 6.82. The van der Waals surface area contributed by atoms with Crippen molar-refractivity contribution in [2.45, 2.75) is 45.2 Å². The van der Waals surface area contributed by atoms with E-state index in [9.17, 15) is 9.90 Å². The molecule has 5 heteroatoms. The molecule has 1 heterocycles. The summed E-state index contributed by atoms with van der Waals surface area (Å²) in [6.45, 7) is 4.25. The quantitative estimate of drug-likeness (QED) is 0.892. The summed E-state index contributed by atoms with van der Waals surface area (Å²) in [6, 6.07) is 2.19. The number of carbonyl (C=O) groups is 1. The van der Waals surface area contributed by atoms with Gasteiger partial charge >= 0.3 is 0 Å². The lowest BCUT2D eigenvalue weighted by atomic mass is 10.1. The van der Waals surface area contributed by atoms with E-state index in [1.54, 1.807) is 0 Å². The minimum Gasteiger partial charge on any atom is -0.396 e. The Balaban J connectivity index is 2.11. The van der Waals surface area contributed by atoms with E-state index < -0.39 is 0 Å². The zero-order valence-electron chi connectivity index (χ0n) is 11.4. The predicted molar refractivity (Wildman–Crippen MR) is 78.2 cm³/mol. The Labute approximate surface area is 122 Å². The van der Waals surface area contributed by atoms with E-state index in [4.69, 9.17) is 0 Å². The highest BCUT2D eigenvalue weighted by molar-refractivity contribution is 9.10. The number of amides is 1. The van der Waals surface area contributed by atoms with Crippen molar-refractivity contribution in [1.29, 1.82) is 0 Å². The zero-order chi connectivity index (χ0) is 14.0.